The molecule has 2 aromatic carbocycles. The van der Waals surface area contributed by atoms with E-state index in [2.05, 4.69) is 15.5 Å². The first-order valence-corrected chi connectivity index (χ1v) is 10.8. The Labute approximate surface area is 184 Å². The van der Waals surface area contributed by atoms with Gasteiger partial charge in [0.05, 0.1) is 12.4 Å². The number of aryl methyl sites for hydroxylation is 2. The summed E-state index contributed by atoms with van der Waals surface area (Å²) in [5.74, 6) is 6.50. The number of nitrogens with zero attached hydrogens (tertiary/aromatic N) is 3. The minimum Gasteiger partial charge on any atom is -0.494 e. The van der Waals surface area contributed by atoms with Crippen LogP contribution in [0.2, 0.25) is 0 Å². The average Bonchev–Trinajstić information content (AvgIpc) is 2.71. The van der Waals surface area contributed by atoms with Gasteiger partial charge in [-0.3, -0.25) is 9.59 Å². The van der Waals surface area contributed by atoms with Crippen LogP contribution >= 0.6 is 11.8 Å². The van der Waals surface area contributed by atoms with Gasteiger partial charge < -0.3 is 15.9 Å². The number of benzene rings is 2. The number of nitrogens with one attached hydrogen (secondary N) is 1. The quantitative estimate of drug-likeness (QED) is 0.410. The van der Waals surface area contributed by atoms with Crippen LogP contribution in [0.15, 0.2) is 52.4 Å². The molecule has 1 amide bonds. The molecule has 1 heterocycles. The number of nitrogens with two attached hydrogens (primary N) is 1. The smallest absolute Gasteiger partial charge is 0.294 e. The van der Waals surface area contributed by atoms with Crippen LogP contribution in [-0.2, 0) is 11.2 Å². The third-order valence-corrected chi connectivity index (χ3v) is 5.31. The third kappa shape index (κ3) is 6.08. The van der Waals surface area contributed by atoms with Crippen LogP contribution < -0.4 is 21.5 Å². The highest BCUT2D eigenvalue weighted by Gasteiger charge is 2.13. The number of amides is 1. The summed E-state index contributed by atoms with van der Waals surface area (Å²) < 4.78 is 6.35. The molecule has 9 heteroatoms. The summed E-state index contributed by atoms with van der Waals surface area (Å²) >= 11 is 1.06. The molecule has 162 valence electrons. The van der Waals surface area contributed by atoms with Crippen molar-refractivity contribution in [3.63, 3.8) is 0 Å². The number of thioether (sulfide) groups is 1. The van der Waals surface area contributed by atoms with Gasteiger partial charge in [-0.1, -0.05) is 30.0 Å². The van der Waals surface area contributed by atoms with Gasteiger partial charge in [0.1, 0.15) is 11.4 Å². The molecule has 0 unspecified atom stereocenters. The molecule has 31 heavy (non-hydrogen) atoms. The Bertz CT molecular complexity index is 1110. The van der Waals surface area contributed by atoms with Crippen molar-refractivity contribution in [2.75, 3.05) is 23.5 Å². The Morgan fingerprint density at radius 1 is 1.13 bits per heavy atom. The summed E-state index contributed by atoms with van der Waals surface area (Å²) in [7, 11) is 0. The lowest BCUT2D eigenvalue weighted by molar-refractivity contribution is -0.113. The number of hydrogen-bond acceptors (Lipinski definition) is 7. The van der Waals surface area contributed by atoms with Crippen molar-refractivity contribution in [3.05, 3.63) is 75.2 Å². The maximum atomic E-state index is 12.6. The first-order chi connectivity index (χ1) is 14.9. The molecule has 1 aromatic heterocycles. The third-order valence-electron chi connectivity index (χ3n) is 4.37. The molecule has 0 fully saturated rings. The van der Waals surface area contributed by atoms with Crippen LogP contribution in [0.1, 0.15) is 29.3 Å². The minimum atomic E-state index is -0.443. The first-order valence-electron chi connectivity index (χ1n) is 9.82. The van der Waals surface area contributed by atoms with Gasteiger partial charge in [0, 0.05) is 12.1 Å². The fraction of sp³-hybridized carbons (Fsp3) is 0.273. The van der Waals surface area contributed by atoms with Crippen molar-refractivity contribution in [3.8, 4) is 5.75 Å². The second kappa shape index (κ2) is 10.1. The van der Waals surface area contributed by atoms with E-state index in [9.17, 15) is 9.59 Å². The molecule has 0 aliphatic carbocycles. The summed E-state index contributed by atoms with van der Waals surface area (Å²) in [6, 6.07) is 13.2. The van der Waals surface area contributed by atoms with Crippen molar-refractivity contribution in [1.82, 2.24) is 14.9 Å². The van der Waals surface area contributed by atoms with Crippen LogP contribution in [-0.4, -0.2) is 33.1 Å². The lowest BCUT2D eigenvalue weighted by Crippen LogP contribution is -2.34. The van der Waals surface area contributed by atoms with Crippen LogP contribution in [0.5, 0.6) is 5.75 Å². The van der Waals surface area contributed by atoms with Crippen LogP contribution in [0.25, 0.3) is 0 Å². The largest absolute Gasteiger partial charge is 0.494 e. The lowest BCUT2D eigenvalue weighted by atomic mass is 10.1. The Hall–Kier alpha value is -3.33. The highest BCUT2D eigenvalue weighted by atomic mass is 32.2. The summed E-state index contributed by atoms with van der Waals surface area (Å²) in [5.41, 5.74) is 3.53. The average molecular weight is 440 g/mol. The fourth-order valence-electron chi connectivity index (χ4n) is 3.07. The zero-order valence-electron chi connectivity index (χ0n) is 17.7. The zero-order chi connectivity index (χ0) is 22.4. The molecule has 0 aliphatic heterocycles. The molecule has 0 spiro atoms. The van der Waals surface area contributed by atoms with Gasteiger partial charge in [-0.15, -0.1) is 10.2 Å². The number of ether oxygens (including phenoxy) is 1. The zero-order valence-corrected chi connectivity index (χ0v) is 18.5. The fourth-order valence-corrected chi connectivity index (χ4v) is 3.72. The van der Waals surface area contributed by atoms with E-state index in [1.807, 2.05) is 63.2 Å². The highest BCUT2D eigenvalue weighted by molar-refractivity contribution is 7.99. The van der Waals surface area contributed by atoms with Crippen LogP contribution in [0, 0.1) is 13.8 Å². The number of nitrogen functional groups attached to an aromatic ring is 1. The van der Waals surface area contributed by atoms with Crippen molar-refractivity contribution in [1.29, 1.82) is 0 Å². The molecule has 8 nitrogen and oxygen atoms in total. The molecule has 0 atom stereocenters. The summed E-state index contributed by atoms with van der Waals surface area (Å²) in [6.07, 6.45) is 0.299. The predicted octanol–water partition coefficient (Wildman–Crippen LogP) is 2.69. The SMILES string of the molecule is CCOc1ccc(Cc2nnc(SCC(=O)Nc3cc(C)cc(C)c3)n(N)c2=O)cc1. The number of aromatic nitrogens is 3. The van der Waals surface area contributed by atoms with Crippen molar-refractivity contribution in [2.45, 2.75) is 32.3 Å². The lowest BCUT2D eigenvalue weighted by Gasteiger charge is -2.09. The number of rotatable bonds is 8. The Kier molecular flexibility index (Phi) is 7.30. The second-order valence-electron chi connectivity index (χ2n) is 7.07. The van der Waals surface area contributed by atoms with Gasteiger partial charge in [-0.2, -0.15) is 4.68 Å². The van der Waals surface area contributed by atoms with Crippen molar-refractivity contribution < 1.29 is 9.53 Å². The van der Waals surface area contributed by atoms with E-state index in [0.717, 1.165) is 44.6 Å². The second-order valence-corrected chi connectivity index (χ2v) is 8.01. The van der Waals surface area contributed by atoms with Gasteiger partial charge in [0.25, 0.3) is 5.56 Å². The normalized spacial score (nSPS) is 10.7. The summed E-state index contributed by atoms with van der Waals surface area (Å²) in [6.45, 7) is 6.44. The van der Waals surface area contributed by atoms with E-state index < -0.39 is 5.56 Å². The first kappa shape index (κ1) is 22.4. The minimum absolute atomic E-state index is 0.0521. The molecule has 0 radical (unpaired) electrons. The highest BCUT2D eigenvalue weighted by Crippen LogP contribution is 2.17. The molecule has 0 aliphatic rings. The molecular weight excluding hydrogens is 414 g/mol. The van der Waals surface area contributed by atoms with E-state index in [4.69, 9.17) is 10.6 Å². The Balaban J connectivity index is 1.63. The standard InChI is InChI=1S/C22H25N5O3S/c1-4-30-18-7-5-16(6-8-18)12-19-21(29)27(23)22(26-25-19)31-13-20(28)24-17-10-14(2)9-15(3)11-17/h5-11H,4,12-13,23H2,1-3H3,(H,24,28). The maximum absolute atomic E-state index is 12.6. The van der Waals surface area contributed by atoms with E-state index in [0.29, 0.717) is 13.0 Å². The van der Waals surface area contributed by atoms with E-state index >= 15 is 0 Å². The van der Waals surface area contributed by atoms with Crippen molar-refractivity contribution in [2.24, 2.45) is 0 Å². The summed E-state index contributed by atoms with van der Waals surface area (Å²) in [4.78, 5) is 24.8. The topological polar surface area (TPSA) is 112 Å². The van der Waals surface area contributed by atoms with Gasteiger partial charge in [0.15, 0.2) is 0 Å². The molecular formula is C22H25N5O3S. The van der Waals surface area contributed by atoms with E-state index in [1.165, 1.54) is 0 Å². The molecule has 0 saturated heterocycles. The predicted molar refractivity (Wildman–Crippen MR) is 122 cm³/mol. The maximum Gasteiger partial charge on any atom is 0.294 e. The Morgan fingerprint density at radius 2 is 1.81 bits per heavy atom. The molecule has 3 rings (SSSR count). The van der Waals surface area contributed by atoms with Gasteiger partial charge in [-0.05, 0) is 61.7 Å². The van der Waals surface area contributed by atoms with E-state index in [-0.39, 0.29) is 22.5 Å². The molecule has 3 N–H and O–H groups in total. The van der Waals surface area contributed by atoms with E-state index in [1.54, 1.807) is 0 Å². The van der Waals surface area contributed by atoms with Gasteiger partial charge >= 0.3 is 0 Å². The number of hydrogen-bond donors (Lipinski definition) is 2. The number of anilines is 1. The Morgan fingerprint density at radius 3 is 2.45 bits per heavy atom. The van der Waals surface area contributed by atoms with Crippen LogP contribution in [0.4, 0.5) is 5.69 Å². The molecule has 0 bridgehead atoms. The monoisotopic (exact) mass is 439 g/mol. The van der Waals surface area contributed by atoms with Gasteiger partial charge in [0.2, 0.25) is 11.1 Å². The van der Waals surface area contributed by atoms with Crippen LogP contribution in [0.3, 0.4) is 0 Å². The van der Waals surface area contributed by atoms with Gasteiger partial charge in [-0.25, -0.2) is 0 Å². The summed E-state index contributed by atoms with van der Waals surface area (Å²) in [5, 5.41) is 11.1. The number of carbonyl (C=O) groups excluding carboxylic acids is 1. The number of carbonyl (C=O) groups is 1. The van der Waals surface area contributed by atoms with Crippen molar-refractivity contribution >= 4 is 23.4 Å². The molecule has 3 aromatic rings. The molecule has 0 saturated carbocycles.